The number of benzene rings is 1. The summed E-state index contributed by atoms with van der Waals surface area (Å²) in [4.78, 5) is 17.8. The van der Waals surface area contributed by atoms with Crippen molar-refractivity contribution >= 4 is 55.3 Å². The van der Waals surface area contributed by atoms with Gasteiger partial charge in [-0.25, -0.2) is 4.98 Å². The number of fused-ring (bicyclic) bond motifs is 2. The molecule has 0 bridgehead atoms. The maximum Gasteiger partial charge on any atom is 0.281 e. The van der Waals surface area contributed by atoms with Gasteiger partial charge in [-0.05, 0) is 18.2 Å². The zero-order valence-electron chi connectivity index (χ0n) is 14.5. The van der Waals surface area contributed by atoms with Gasteiger partial charge in [-0.15, -0.1) is 11.3 Å². The van der Waals surface area contributed by atoms with Crippen LogP contribution in [-0.4, -0.2) is 57.3 Å². The molecule has 1 aliphatic heterocycles. The number of rotatable bonds is 4. The van der Waals surface area contributed by atoms with E-state index in [1.807, 2.05) is 0 Å². The lowest BCUT2D eigenvalue weighted by Crippen LogP contribution is -2.42. The molecule has 0 atom stereocenters. The Kier molecular flexibility index (Phi) is 4.68. The van der Waals surface area contributed by atoms with Crippen LogP contribution in [0.15, 0.2) is 18.2 Å². The number of aromatic nitrogens is 3. The first-order valence-electron chi connectivity index (χ1n) is 8.04. The zero-order valence-corrected chi connectivity index (χ0v) is 17.0. The molecule has 0 saturated heterocycles. The summed E-state index contributed by atoms with van der Waals surface area (Å²) in [5.41, 5.74) is 2.74. The minimum Gasteiger partial charge on any atom is -0.298 e. The van der Waals surface area contributed by atoms with Gasteiger partial charge in [0.25, 0.3) is 16.1 Å². The van der Waals surface area contributed by atoms with Crippen molar-refractivity contribution in [2.24, 2.45) is 0 Å². The third-order valence-corrected chi connectivity index (χ3v) is 7.66. The van der Waals surface area contributed by atoms with Crippen molar-refractivity contribution < 1.29 is 13.2 Å². The summed E-state index contributed by atoms with van der Waals surface area (Å²) in [6.45, 7) is 0.637. The average Bonchev–Trinajstić information content (AvgIpc) is 3.25. The van der Waals surface area contributed by atoms with Crippen molar-refractivity contribution in [2.45, 2.75) is 13.0 Å². The van der Waals surface area contributed by atoms with Crippen LogP contribution in [0.1, 0.15) is 20.9 Å². The van der Waals surface area contributed by atoms with Gasteiger partial charge in [0.1, 0.15) is 11.0 Å². The molecule has 0 fully saturated rings. The molecule has 9 nitrogen and oxygen atoms in total. The third kappa shape index (κ3) is 3.46. The van der Waals surface area contributed by atoms with Crippen molar-refractivity contribution in [2.75, 3.05) is 26.0 Å². The van der Waals surface area contributed by atoms with E-state index < -0.39 is 10.2 Å². The van der Waals surface area contributed by atoms with Gasteiger partial charge in [0.15, 0.2) is 5.13 Å². The Morgan fingerprint density at radius 2 is 2.04 bits per heavy atom. The van der Waals surface area contributed by atoms with Gasteiger partial charge in [-0.1, -0.05) is 0 Å². The van der Waals surface area contributed by atoms with E-state index in [0.29, 0.717) is 29.2 Å². The van der Waals surface area contributed by atoms with Gasteiger partial charge in [0.05, 0.1) is 24.0 Å². The van der Waals surface area contributed by atoms with Crippen LogP contribution in [-0.2, 0) is 23.2 Å². The Morgan fingerprint density at radius 3 is 2.81 bits per heavy atom. The first-order chi connectivity index (χ1) is 12.8. The molecular formula is C15H16N6O3S3. The third-order valence-electron chi connectivity index (χ3n) is 4.22. The summed E-state index contributed by atoms with van der Waals surface area (Å²) in [5.74, 6) is -0.284. The Morgan fingerprint density at radius 1 is 1.26 bits per heavy atom. The van der Waals surface area contributed by atoms with Crippen molar-refractivity contribution in [3.05, 3.63) is 34.3 Å². The van der Waals surface area contributed by atoms with Crippen LogP contribution in [0.25, 0.3) is 11.0 Å². The molecule has 1 N–H and O–H groups in total. The second-order valence-electron chi connectivity index (χ2n) is 6.18. The normalized spacial score (nSPS) is 15.2. The Hall–Kier alpha value is -1.99. The largest absolute Gasteiger partial charge is 0.298 e. The van der Waals surface area contributed by atoms with Crippen LogP contribution in [0.4, 0.5) is 5.13 Å². The van der Waals surface area contributed by atoms with Crippen LogP contribution >= 0.6 is 23.1 Å². The minimum absolute atomic E-state index is 0.264. The Bertz CT molecular complexity index is 1120. The zero-order chi connectivity index (χ0) is 19.2. The standard InChI is InChI=1S/C15H16N6O3S3/c1-20(2)27(23,24)21-6-5-11-13(8-21)25-15(16-11)17-14(22)9-3-4-10-12(7-9)19-26-18-10/h3-4,7H,5-6,8H2,1-2H3,(H,16,17,22). The number of anilines is 1. The second-order valence-corrected chi connectivity index (χ2v) is 9.94. The summed E-state index contributed by atoms with van der Waals surface area (Å²) < 4.78 is 35.5. The summed E-state index contributed by atoms with van der Waals surface area (Å²) in [5, 5.41) is 3.26. The van der Waals surface area contributed by atoms with Crippen LogP contribution in [0.3, 0.4) is 0 Å². The van der Waals surface area contributed by atoms with E-state index in [0.717, 1.165) is 27.8 Å². The molecule has 0 saturated carbocycles. The fraction of sp³-hybridized carbons (Fsp3) is 0.333. The predicted molar refractivity (Wildman–Crippen MR) is 104 cm³/mol. The summed E-state index contributed by atoms with van der Waals surface area (Å²) >= 11 is 2.40. The molecule has 2 aromatic heterocycles. The molecular weight excluding hydrogens is 408 g/mol. The number of carbonyl (C=O) groups excluding carboxylic acids is 1. The highest BCUT2D eigenvalue weighted by atomic mass is 32.2. The quantitative estimate of drug-likeness (QED) is 0.681. The summed E-state index contributed by atoms with van der Waals surface area (Å²) in [6, 6.07) is 5.13. The number of nitrogens with one attached hydrogen (secondary N) is 1. The van der Waals surface area contributed by atoms with Crippen LogP contribution in [0, 0.1) is 0 Å². The van der Waals surface area contributed by atoms with E-state index in [-0.39, 0.29) is 12.5 Å². The minimum atomic E-state index is -3.47. The molecule has 3 aromatic rings. The number of hydrogen-bond acceptors (Lipinski definition) is 8. The summed E-state index contributed by atoms with van der Waals surface area (Å²) in [6.07, 6.45) is 0.519. The van der Waals surface area contributed by atoms with Crippen LogP contribution in [0.2, 0.25) is 0 Å². The Balaban J connectivity index is 1.52. The molecule has 27 heavy (non-hydrogen) atoms. The lowest BCUT2D eigenvalue weighted by Gasteiger charge is -2.27. The lowest BCUT2D eigenvalue weighted by molar-refractivity contribution is 0.102. The monoisotopic (exact) mass is 424 g/mol. The van der Waals surface area contributed by atoms with Crippen LogP contribution in [0.5, 0.6) is 0 Å². The maximum absolute atomic E-state index is 12.5. The highest BCUT2D eigenvalue weighted by Crippen LogP contribution is 2.30. The molecule has 142 valence electrons. The highest BCUT2D eigenvalue weighted by Gasteiger charge is 2.30. The number of amides is 1. The molecule has 1 amide bonds. The van der Waals surface area contributed by atoms with Gasteiger partial charge in [0, 0.05) is 37.5 Å². The number of nitrogens with zero attached hydrogens (tertiary/aromatic N) is 5. The molecule has 3 heterocycles. The van der Waals surface area contributed by atoms with E-state index in [4.69, 9.17) is 0 Å². The van der Waals surface area contributed by atoms with E-state index in [1.165, 1.54) is 34.0 Å². The van der Waals surface area contributed by atoms with Gasteiger partial charge < -0.3 is 0 Å². The van der Waals surface area contributed by atoms with Crippen molar-refractivity contribution in [1.29, 1.82) is 0 Å². The number of hydrogen-bond donors (Lipinski definition) is 1. The summed E-state index contributed by atoms with van der Waals surface area (Å²) in [7, 11) is -0.445. The molecule has 0 radical (unpaired) electrons. The highest BCUT2D eigenvalue weighted by molar-refractivity contribution is 7.86. The number of thiazole rings is 1. The number of carbonyl (C=O) groups is 1. The fourth-order valence-corrected chi connectivity index (χ4v) is 5.44. The molecule has 4 rings (SSSR count). The lowest BCUT2D eigenvalue weighted by atomic mass is 10.2. The van der Waals surface area contributed by atoms with Gasteiger partial charge in [-0.2, -0.15) is 25.8 Å². The van der Waals surface area contributed by atoms with Gasteiger partial charge in [-0.3, -0.25) is 10.1 Å². The molecule has 0 aliphatic carbocycles. The first kappa shape index (κ1) is 18.4. The van der Waals surface area contributed by atoms with Gasteiger partial charge >= 0.3 is 0 Å². The smallest absolute Gasteiger partial charge is 0.281 e. The molecule has 1 aromatic carbocycles. The van der Waals surface area contributed by atoms with Crippen LogP contribution < -0.4 is 5.32 Å². The average molecular weight is 425 g/mol. The topological polar surface area (TPSA) is 108 Å². The molecule has 0 unspecified atom stereocenters. The van der Waals surface area contributed by atoms with Crippen molar-refractivity contribution in [3.8, 4) is 0 Å². The second kappa shape index (κ2) is 6.87. The van der Waals surface area contributed by atoms with E-state index in [1.54, 1.807) is 18.2 Å². The van der Waals surface area contributed by atoms with E-state index in [9.17, 15) is 13.2 Å². The van der Waals surface area contributed by atoms with Crippen molar-refractivity contribution in [1.82, 2.24) is 22.3 Å². The molecule has 1 aliphatic rings. The van der Waals surface area contributed by atoms with E-state index >= 15 is 0 Å². The van der Waals surface area contributed by atoms with E-state index in [2.05, 4.69) is 19.0 Å². The molecule has 12 heteroatoms. The first-order valence-corrected chi connectivity index (χ1v) is 11.0. The SMILES string of the molecule is CN(C)S(=O)(=O)N1CCc2nc(NC(=O)c3ccc4nsnc4c3)sc2C1. The van der Waals surface area contributed by atoms with Crippen molar-refractivity contribution in [3.63, 3.8) is 0 Å². The van der Waals surface area contributed by atoms with Gasteiger partial charge in [0.2, 0.25) is 0 Å². The fourth-order valence-electron chi connectivity index (χ4n) is 2.75. The maximum atomic E-state index is 12.5. The molecule has 0 spiro atoms. The Labute approximate surface area is 164 Å². The predicted octanol–water partition coefficient (Wildman–Crippen LogP) is 1.56.